The van der Waals surface area contributed by atoms with Crippen LogP contribution in [0.3, 0.4) is 0 Å². The minimum atomic E-state index is -0.129. The minimum Gasteiger partial charge on any atom is -0.323 e. The van der Waals surface area contributed by atoms with E-state index in [4.69, 9.17) is 12.2 Å². The van der Waals surface area contributed by atoms with Crippen LogP contribution in [0.4, 0.5) is 5.00 Å². The van der Waals surface area contributed by atoms with Crippen LogP contribution in [0.5, 0.6) is 0 Å². The molecule has 2 rings (SSSR count). The van der Waals surface area contributed by atoms with Crippen molar-refractivity contribution in [1.82, 2.24) is 5.32 Å². The summed E-state index contributed by atoms with van der Waals surface area (Å²) in [4.78, 5) is 12.6. The lowest BCUT2D eigenvalue weighted by molar-refractivity contribution is -0.119. The summed E-state index contributed by atoms with van der Waals surface area (Å²) in [6.45, 7) is 4.00. The Morgan fingerprint density at radius 2 is 2.35 bits per heavy atom. The van der Waals surface area contributed by atoms with Crippen LogP contribution in [0.15, 0.2) is 0 Å². The van der Waals surface area contributed by atoms with Crippen molar-refractivity contribution >= 4 is 39.6 Å². The number of hydrogen-bond donors (Lipinski definition) is 2. The van der Waals surface area contributed by atoms with Gasteiger partial charge in [0.15, 0.2) is 5.11 Å². The molecule has 6 heteroatoms. The van der Waals surface area contributed by atoms with E-state index in [1.807, 2.05) is 0 Å². The molecule has 1 aliphatic carbocycles. The fourth-order valence-corrected chi connectivity index (χ4v) is 3.95. The van der Waals surface area contributed by atoms with Gasteiger partial charge < -0.3 is 10.6 Å². The molecule has 1 aliphatic rings. The first kappa shape index (κ1) is 14.9. The van der Waals surface area contributed by atoms with Crippen molar-refractivity contribution in [2.75, 3.05) is 5.32 Å². The molecule has 106 valence electrons. The molecule has 1 amide bonds. The van der Waals surface area contributed by atoms with E-state index in [-0.39, 0.29) is 11.0 Å². The van der Waals surface area contributed by atoms with Crippen LogP contribution in [0, 0.1) is 17.2 Å². The molecule has 0 saturated heterocycles. The molecule has 20 heavy (non-hydrogen) atoms. The smallest absolute Gasteiger partial charge is 0.225 e. The number of carbonyl (C=O) groups is 1. The summed E-state index contributed by atoms with van der Waals surface area (Å²) in [5, 5.41) is 16.0. The van der Waals surface area contributed by atoms with E-state index in [1.54, 1.807) is 18.3 Å². The molecule has 1 aromatic heterocycles. The normalized spacial score (nSPS) is 16.9. The highest BCUT2D eigenvalue weighted by molar-refractivity contribution is 7.80. The summed E-state index contributed by atoms with van der Waals surface area (Å²) in [5.41, 5.74) is 1.84. The van der Waals surface area contributed by atoms with Crippen LogP contribution in [-0.2, 0) is 17.6 Å². The average Bonchev–Trinajstić information content (AvgIpc) is 2.74. The van der Waals surface area contributed by atoms with E-state index in [9.17, 15) is 10.1 Å². The highest BCUT2D eigenvalue weighted by atomic mass is 32.1. The third kappa shape index (κ3) is 3.17. The van der Waals surface area contributed by atoms with Crippen molar-refractivity contribution in [2.24, 2.45) is 5.92 Å². The second-order valence-electron chi connectivity index (χ2n) is 5.02. The van der Waals surface area contributed by atoms with Crippen molar-refractivity contribution in [3.05, 3.63) is 16.0 Å². The maximum atomic E-state index is 11.3. The van der Waals surface area contributed by atoms with Gasteiger partial charge in [0.05, 0.1) is 5.56 Å². The number of nitrogens with one attached hydrogen (secondary N) is 2. The quantitative estimate of drug-likeness (QED) is 0.825. The zero-order valence-corrected chi connectivity index (χ0v) is 13.2. The molecule has 2 N–H and O–H groups in total. The summed E-state index contributed by atoms with van der Waals surface area (Å²) >= 11 is 6.68. The molecule has 0 aromatic carbocycles. The number of amides is 1. The van der Waals surface area contributed by atoms with E-state index in [2.05, 4.69) is 23.6 Å². The molecule has 0 bridgehead atoms. The number of thiophene rings is 1. The number of nitrogens with zero attached hydrogens (tertiary/aromatic N) is 1. The van der Waals surface area contributed by atoms with Crippen LogP contribution in [0.25, 0.3) is 0 Å². The Morgan fingerprint density at radius 1 is 1.60 bits per heavy atom. The zero-order valence-electron chi connectivity index (χ0n) is 11.6. The van der Waals surface area contributed by atoms with Crippen LogP contribution in [0.2, 0.25) is 0 Å². The number of hydrogen-bond acceptors (Lipinski definition) is 4. The number of thiocarbonyl (C=S) groups is 1. The summed E-state index contributed by atoms with van der Waals surface area (Å²) in [6, 6.07) is 2.27. The second-order valence-corrected chi connectivity index (χ2v) is 6.54. The van der Waals surface area contributed by atoms with Crippen LogP contribution < -0.4 is 10.6 Å². The van der Waals surface area contributed by atoms with E-state index in [1.165, 1.54) is 4.88 Å². The minimum absolute atomic E-state index is 0.129. The van der Waals surface area contributed by atoms with Crippen LogP contribution in [-0.4, -0.2) is 11.0 Å². The molecule has 0 aliphatic heterocycles. The first-order valence-corrected chi connectivity index (χ1v) is 7.93. The predicted molar refractivity (Wildman–Crippen MR) is 84.9 cm³/mol. The molecule has 0 unspecified atom stereocenters. The average molecular weight is 307 g/mol. The van der Waals surface area contributed by atoms with Gasteiger partial charge in [-0.1, -0.05) is 13.8 Å². The Morgan fingerprint density at radius 3 is 3.00 bits per heavy atom. The zero-order chi connectivity index (χ0) is 14.7. The lowest BCUT2D eigenvalue weighted by atomic mass is 9.89. The van der Waals surface area contributed by atoms with Gasteiger partial charge in [-0.05, 0) is 43.0 Å². The Labute approximate surface area is 128 Å². The Balaban J connectivity index is 2.19. The standard InChI is InChI=1S/C14H17N3OS2/c1-3-12(18)16-14(19)17-13-10(7-15)9-5-4-8(2)6-11(9)20-13/h8H,3-6H2,1-2H3,(H2,16,17,18,19)/t8-/m1/s1. The molecule has 0 saturated carbocycles. The van der Waals surface area contributed by atoms with Gasteiger partial charge in [-0.15, -0.1) is 11.3 Å². The number of nitriles is 1. The third-order valence-electron chi connectivity index (χ3n) is 3.42. The van der Waals surface area contributed by atoms with Gasteiger partial charge >= 0.3 is 0 Å². The van der Waals surface area contributed by atoms with Crippen molar-refractivity contribution in [2.45, 2.75) is 39.5 Å². The highest BCUT2D eigenvalue weighted by Gasteiger charge is 2.24. The summed E-state index contributed by atoms with van der Waals surface area (Å²) in [6.07, 6.45) is 3.47. The molecule has 1 atom stereocenters. The van der Waals surface area contributed by atoms with Gasteiger partial charge in [0.2, 0.25) is 5.91 Å². The second kappa shape index (κ2) is 6.33. The molecule has 0 spiro atoms. The Kier molecular flexibility index (Phi) is 4.73. The molecular weight excluding hydrogens is 290 g/mol. The Hall–Kier alpha value is -1.45. The summed E-state index contributed by atoms with van der Waals surface area (Å²) < 4.78 is 0. The third-order valence-corrected chi connectivity index (χ3v) is 4.80. The molecular formula is C14H17N3OS2. The topological polar surface area (TPSA) is 64.9 Å². The van der Waals surface area contributed by atoms with Crippen LogP contribution >= 0.6 is 23.6 Å². The summed E-state index contributed by atoms with van der Waals surface area (Å²) in [5.74, 6) is 0.531. The van der Waals surface area contributed by atoms with Crippen molar-refractivity contribution in [3.8, 4) is 6.07 Å². The predicted octanol–water partition coefficient (Wildman–Crippen LogP) is 2.97. The molecule has 1 heterocycles. The fourth-order valence-electron chi connectivity index (χ4n) is 2.31. The highest BCUT2D eigenvalue weighted by Crippen LogP contribution is 2.39. The Bertz CT molecular complexity index is 586. The first-order chi connectivity index (χ1) is 9.55. The van der Waals surface area contributed by atoms with E-state index in [0.29, 0.717) is 17.9 Å². The SMILES string of the molecule is CCC(=O)NC(=S)Nc1sc2c(c1C#N)CC[C@@H](C)C2. The van der Waals surface area contributed by atoms with E-state index in [0.717, 1.165) is 29.8 Å². The number of carbonyl (C=O) groups excluding carboxylic acids is 1. The van der Waals surface area contributed by atoms with Crippen molar-refractivity contribution < 1.29 is 4.79 Å². The molecule has 0 fully saturated rings. The molecule has 1 aromatic rings. The van der Waals surface area contributed by atoms with Gasteiger partial charge in [0.25, 0.3) is 0 Å². The van der Waals surface area contributed by atoms with Gasteiger partial charge in [-0.25, -0.2) is 0 Å². The number of anilines is 1. The number of rotatable bonds is 2. The lowest BCUT2D eigenvalue weighted by Gasteiger charge is -2.17. The van der Waals surface area contributed by atoms with E-state index < -0.39 is 0 Å². The number of fused-ring (bicyclic) bond motifs is 1. The first-order valence-electron chi connectivity index (χ1n) is 6.70. The summed E-state index contributed by atoms with van der Waals surface area (Å²) in [7, 11) is 0. The monoisotopic (exact) mass is 307 g/mol. The maximum absolute atomic E-state index is 11.3. The van der Waals surface area contributed by atoms with Gasteiger partial charge in [0, 0.05) is 11.3 Å². The lowest BCUT2D eigenvalue weighted by Crippen LogP contribution is -2.33. The van der Waals surface area contributed by atoms with Gasteiger partial charge in [-0.2, -0.15) is 5.26 Å². The van der Waals surface area contributed by atoms with E-state index >= 15 is 0 Å². The van der Waals surface area contributed by atoms with Gasteiger partial charge in [-0.3, -0.25) is 4.79 Å². The van der Waals surface area contributed by atoms with Crippen molar-refractivity contribution in [1.29, 1.82) is 5.26 Å². The maximum Gasteiger partial charge on any atom is 0.225 e. The largest absolute Gasteiger partial charge is 0.323 e. The van der Waals surface area contributed by atoms with Crippen LogP contribution in [0.1, 0.15) is 42.7 Å². The van der Waals surface area contributed by atoms with Crippen molar-refractivity contribution in [3.63, 3.8) is 0 Å². The fraction of sp³-hybridized carbons (Fsp3) is 0.500. The molecule has 0 radical (unpaired) electrons. The van der Waals surface area contributed by atoms with Gasteiger partial charge in [0.1, 0.15) is 11.1 Å². The molecule has 4 nitrogen and oxygen atoms in total.